The minimum atomic E-state index is -0.371. The largest absolute Gasteiger partial charge is 0.391 e. The van der Waals surface area contributed by atoms with Gasteiger partial charge in [0.2, 0.25) is 5.91 Å². The lowest BCUT2D eigenvalue weighted by atomic mass is 9.89. The second-order valence-electron chi connectivity index (χ2n) is 5.58. The molecule has 2 aliphatic rings. The first kappa shape index (κ1) is 12.8. The highest BCUT2D eigenvalue weighted by atomic mass is 16.5. The van der Waals surface area contributed by atoms with Gasteiger partial charge in [-0.15, -0.1) is 0 Å². The molecular formula is C13H23NO3. The molecule has 2 rings (SSSR count). The molecule has 1 saturated carbocycles. The van der Waals surface area contributed by atoms with Gasteiger partial charge in [-0.2, -0.15) is 0 Å². The van der Waals surface area contributed by atoms with E-state index >= 15 is 0 Å². The van der Waals surface area contributed by atoms with Gasteiger partial charge in [0.1, 0.15) is 0 Å². The molecule has 1 heterocycles. The fraction of sp³-hybridized carbons (Fsp3) is 0.923. The number of hydrogen-bond acceptors (Lipinski definition) is 3. The van der Waals surface area contributed by atoms with Crippen LogP contribution in [0.15, 0.2) is 0 Å². The minimum Gasteiger partial charge on any atom is -0.391 e. The van der Waals surface area contributed by atoms with Gasteiger partial charge in [-0.05, 0) is 38.5 Å². The summed E-state index contributed by atoms with van der Waals surface area (Å²) in [4.78, 5) is 12.1. The number of hydrogen-bond donors (Lipinski definition) is 2. The first-order chi connectivity index (χ1) is 8.00. The van der Waals surface area contributed by atoms with E-state index < -0.39 is 0 Å². The number of ether oxygens (including phenoxy) is 1. The van der Waals surface area contributed by atoms with Gasteiger partial charge in [-0.25, -0.2) is 0 Å². The average Bonchev–Trinajstić information content (AvgIpc) is 3.06. The van der Waals surface area contributed by atoms with Crippen LogP contribution < -0.4 is 5.32 Å². The van der Waals surface area contributed by atoms with Gasteiger partial charge in [0.15, 0.2) is 0 Å². The summed E-state index contributed by atoms with van der Waals surface area (Å²) in [7, 11) is 0. The summed E-state index contributed by atoms with van der Waals surface area (Å²) >= 11 is 0. The molecule has 0 aromatic carbocycles. The van der Waals surface area contributed by atoms with Gasteiger partial charge in [-0.3, -0.25) is 4.79 Å². The lowest BCUT2D eigenvalue weighted by Gasteiger charge is -2.19. The summed E-state index contributed by atoms with van der Waals surface area (Å²) in [6, 6.07) is 0. The summed E-state index contributed by atoms with van der Waals surface area (Å²) in [6.45, 7) is 6.39. The predicted molar refractivity (Wildman–Crippen MR) is 64.4 cm³/mol. The molecule has 0 radical (unpaired) electrons. The van der Waals surface area contributed by atoms with Crippen LogP contribution >= 0.6 is 0 Å². The van der Waals surface area contributed by atoms with Crippen LogP contribution in [0.4, 0.5) is 0 Å². The molecule has 0 aromatic heterocycles. The Balaban J connectivity index is 1.82. The van der Waals surface area contributed by atoms with E-state index in [2.05, 4.69) is 12.2 Å². The Morgan fingerprint density at radius 2 is 2.00 bits per heavy atom. The number of amides is 1. The van der Waals surface area contributed by atoms with E-state index in [1.54, 1.807) is 0 Å². The van der Waals surface area contributed by atoms with Crippen molar-refractivity contribution < 1.29 is 14.6 Å². The second kappa shape index (κ2) is 4.94. The molecule has 17 heavy (non-hydrogen) atoms. The molecule has 0 aromatic rings. The summed E-state index contributed by atoms with van der Waals surface area (Å²) in [5, 5.41) is 12.6. The fourth-order valence-electron chi connectivity index (χ4n) is 2.69. The normalized spacial score (nSPS) is 39.1. The Labute approximate surface area is 103 Å². The molecule has 98 valence electrons. The smallest absolute Gasteiger partial charge is 0.226 e. The number of carbonyl (C=O) groups is 1. The highest BCUT2D eigenvalue weighted by Gasteiger charge is 2.41. The van der Waals surface area contributed by atoms with E-state index in [-0.39, 0.29) is 36.1 Å². The third-order valence-electron chi connectivity index (χ3n) is 4.20. The van der Waals surface area contributed by atoms with E-state index in [0.29, 0.717) is 12.5 Å². The van der Waals surface area contributed by atoms with Crippen LogP contribution in [0.2, 0.25) is 0 Å². The van der Waals surface area contributed by atoms with Crippen molar-refractivity contribution >= 4 is 5.91 Å². The topological polar surface area (TPSA) is 58.6 Å². The van der Waals surface area contributed by atoms with Gasteiger partial charge in [0, 0.05) is 6.54 Å². The lowest BCUT2D eigenvalue weighted by Crippen LogP contribution is -2.41. The maximum Gasteiger partial charge on any atom is 0.226 e. The number of rotatable bonds is 4. The number of aliphatic hydroxyl groups is 1. The quantitative estimate of drug-likeness (QED) is 0.770. The summed E-state index contributed by atoms with van der Waals surface area (Å²) in [5.41, 5.74) is 0. The fourth-order valence-corrected chi connectivity index (χ4v) is 2.69. The SMILES string of the molecule is CC1OC(C)C(C(=O)NCC(O)C2CC2)C1C. The third-order valence-corrected chi connectivity index (χ3v) is 4.20. The monoisotopic (exact) mass is 241 g/mol. The van der Waals surface area contributed by atoms with Crippen LogP contribution in [0.3, 0.4) is 0 Å². The van der Waals surface area contributed by atoms with Gasteiger partial charge in [-0.1, -0.05) is 6.92 Å². The molecule has 2 fully saturated rings. The minimum absolute atomic E-state index is 0.0223. The Bertz CT molecular complexity index is 290. The number of nitrogens with one attached hydrogen (secondary N) is 1. The first-order valence-corrected chi connectivity index (χ1v) is 6.62. The number of aliphatic hydroxyl groups excluding tert-OH is 1. The second-order valence-corrected chi connectivity index (χ2v) is 5.58. The summed E-state index contributed by atoms with van der Waals surface area (Å²) in [5.74, 6) is 0.581. The zero-order chi connectivity index (χ0) is 12.6. The Kier molecular flexibility index (Phi) is 3.73. The van der Waals surface area contributed by atoms with Crippen molar-refractivity contribution in [2.45, 2.75) is 51.9 Å². The van der Waals surface area contributed by atoms with Gasteiger partial charge in [0.05, 0.1) is 24.2 Å². The third kappa shape index (κ3) is 2.80. The Morgan fingerprint density at radius 1 is 1.35 bits per heavy atom. The maximum absolute atomic E-state index is 12.1. The molecule has 4 nitrogen and oxygen atoms in total. The predicted octanol–water partition coefficient (Wildman–Crippen LogP) is 0.933. The van der Waals surface area contributed by atoms with E-state index in [0.717, 1.165) is 12.8 Å². The standard InChI is InChI=1S/C13H23NO3/c1-7-8(2)17-9(3)12(7)13(16)14-6-11(15)10-4-5-10/h7-12,15H,4-6H2,1-3H3,(H,14,16). The van der Waals surface area contributed by atoms with Crippen LogP contribution in [0.5, 0.6) is 0 Å². The highest BCUT2D eigenvalue weighted by molar-refractivity contribution is 5.79. The van der Waals surface area contributed by atoms with Crippen molar-refractivity contribution in [1.82, 2.24) is 5.32 Å². The van der Waals surface area contributed by atoms with E-state index in [4.69, 9.17) is 4.74 Å². The van der Waals surface area contributed by atoms with Crippen LogP contribution in [0.1, 0.15) is 33.6 Å². The molecular weight excluding hydrogens is 218 g/mol. The molecule has 0 spiro atoms. The molecule has 1 saturated heterocycles. The molecule has 1 amide bonds. The lowest BCUT2D eigenvalue weighted by molar-refractivity contribution is -0.127. The number of carbonyl (C=O) groups excluding carboxylic acids is 1. The molecule has 2 N–H and O–H groups in total. The zero-order valence-electron chi connectivity index (χ0n) is 10.8. The van der Waals surface area contributed by atoms with E-state index in [1.165, 1.54) is 0 Å². The summed E-state index contributed by atoms with van der Waals surface area (Å²) in [6.07, 6.45) is 1.91. The van der Waals surface area contributed by atoms with E-state index in [9.17, 15) is 9.90 Å². The van der Waals surface area contributed by atoms with Gasteiger partial charge < -0.3 is 15.2 Å². The van der Waals surface area contributed by atoms with Gasteiger partial charge >= 0.3 is 0 Å². The zero-order valence-corrected chi connectivity index (χ0v) is 10.8. The van der Waals surface area contributed by atoms with Crippen molar-refractivity contribution in [2.75, 3.05) is 6.54 Å². The molecule has 5 unspecified atom stereocenters. The highest BCUT2D eigenvalue weighted by Crippen LogP contribution is 2.33. The summed E-state index contributed by atoms with van der Waals surface area (Å²) < 4.78 is 5.65. The molecule has 1 aliphatic carbocycles. The molecule has 0 bridgehead atoms. The van der Waals surface area contributed by atoms with Crippen molar-refractivity contribution in [3.63, 3.8) is 0 Å². The van der Waals surface area contributed by atoms with Crippen molar-refractivity contribution in [1.29, 1.82) is 0 Å². The Morgan fingerprint density at radius 3 is 2.47 bits per heavy atom. The van der Waals surface area contributed by atoms with Crippen molar-refractivity contribution in [2.24, 2.45) is 17.8 Å². The molecule has 5 atom stereocenters. The van der Waals surface area contributed by atoms with Crippen LogP contribution in [-0.2, 0) is 9.53 Å². The van der Waals surface area contributed by atoms with Crippen molar-refractivity contribution in [3.05, 3.63) is 0 Å². The van der Waals surface area contributed by atoms with Crippen LogP contribution in [0.25, 0.3) is 0 Å². The maximum atomic E-state index is 12.1. The molecule has 1 aliphatic heterocycles. The van der Waals surface area contributed by atoms with E-state index in [1.807, 2.05) is 13.8 Å². The van der Waals surface area contributed by atoms with Crippen molar-refractivity contribution in [3.8, 4) is 0 Å². The van der Waals surface area contributed by atoms with Gasteiger partial charge in [0.25, 0.3) is 0 Å². The average molecular weight is 241 g/mol. The molecule has 4 heteroatoms. The first-order valence-electron chi connectivity index (χ1n) is 6.62. The van der Waals surface area contributed by atoms with Crippen LogP contribution in [0, 0.1) is 17.8 Å². The Hall–Kier alpha value is -0.610. The van der Waals surface area contributed by atoms with Crippen LogP contribution in [-0.4, -0.2) is 35.9 Å².